The van der Waals surface area contributed by atoms with E-state index in [1.54, 1.807) is 0 Å². The molecule has 0 heterocycles. The van der Waals surface area contributed by atoms with Crippen molar-refractivity contribution in [3.63, 3.8) is 0 Å². The highest BCUT2D eigenvalue weighted by molar-refractivity contribution is 6.02. The van der Waals surface area contributed by atoms with E-state index in [2.05, 4.69) is 266 Å². The number of rotatable bonds is 8. The van der Waals surface area contributed by atoms with Gasteiger partial charge < -0.3 is 4.90 Å². The molecule has 64 heavy (non-hydrogen) atoms. The third-order valence-corrected chi connectivity index (χ3v) is 13.4. The van der Waals surface area contributed by atoms with Crippen molar-refractivity contribution in [3.8, 4) is 44.5 Å². The Labute approximate surface area is 374 Å². The fourth-order valence-electron chi connectivity index (χ4n) is 10.5. The zero-order valence-corrected chi connectivity index (χ0v) is 35.3. The van der Waals surface area contributed by atoms with Crippen LogP contribution in [-0.4, -0.2) is 0 Å². The maximum Gasteiger partial charge on any atom is 0.0713 e. The second-order valence-electron chi connectivity index (χ2n) is 16.8. The van der Waals surface area contributed by atoms with Gasteiger partial charge in [-0.15, -0.1) is 0 Å². The molecule has 0 bridgehead atoms. The van der Waals surface area contributed by atoms with E-state index in [1.807, 2.05) is 0 Å². The fourth-order valence-corrected chi connectivity index (χ4v) is 10.5. The molecule has 0 fully saturated rings. The summed E-state index contributed by atoms with van der Waals surface area (Å²) in [5.74, 6) is 0. The fraction of sp³-hybridized carbons (Fsp3) is 0.0159. The van der Waals surface area contributed by atoms with E-state index >= 15 is 0 Å². The van der Waals surface area contributed by atoms with Gasteiger partial charge in [0.15, 0.2) is 0 Å². The van der Waals surface area contributed by atoms with Gasteiger partial charge in [-0.1, -0.05) is 231 Å². The summed E-state index contributed by atoms with van der Waals surface area (Å²) >= 11 is 0. The molecule has 12 rings (SSSR count). The standard InChI is InChI=1S/C63H43N/c1-3-21-51(22-4-1)63(52-23-5-2-6-24-52)58-29-13-11-27-57(58)62-56(28-16-30-59(62)63)48-39-41-53(42-40-48)64(61-32-15-20-46-18-9-10-25-54(46)61)60-31-14-12-26-55(60)47-36-33-45(34-37-47)50-38-35-44-17-7-8-19-49(44)43-50/h1-43H. The molecule has 1 heteroatoms. The number of anilines is 3. The Bertz CT molecular complexity index is 3430. The Balaban J connectivity index is 0.995. The summed E-state index contributed by atoms with van der Waals surface area (Å²) in [6.07, 6.45) is 0. The Morgan fingerprint density at radius 2 is 0.781 bits per heavy atom. The second kappa shape index (κ2) is 15.6. The highest BCUT2D eigenvalue weighted by Gasteiger charge is 2.46. The molecule has 1 nitrogen and oxygen atoms in total. The second-order valence-corrected chi connectivity index (χ2v) is 16.8. The van der Waals surface area contributed by atoms with Crippen LogP contribution in [0.3, 0.4) is 0 Å². The highest BCUT2D eigenvalue weighted by atomic mass is 15.1. The van der Waals surface area contributed by atoms with Crippen LogP contribution in [0.5, 0.6) is 0 Å². The summed E-state index contributed by atoms with van der Waals surface area (Å²) in [4.78, 5) is 2.44. The number of hydrogen-bond donors (Lipinski definition) is 0. The van der Waals surface area contributed by atoms with Gasteiger partial charge in [0.1, 0.15) is 0 Å². The van der Waals surface area contributed by atoms with Crippen LogP contribution < -0.4 is 4.90 Å². The van der Waals surface area contributed by atoms with Crippen LogP contribution in [0.2, 0.25) is 0 Å². The van der Waals surface area contributed by atoms with Gasteiger partial charge in [0, 0.05) is 16.6 Å². The molecule has 1 aliphatic carbocycles. The molecule has 1 aliphatic rings. The molecule has 0 atom stereocenters. The van der Waals surface area contributed by atoms with Gasteiger partial charge >= 0.3 is 0 Å². The average Bonchev–Trinajstić information content (AvgIpc) is 3.69. The van der Waals surface area contributed by atoms with Gasteiger partial charge in [0.05, 0.1) is 16.8 Å². The Morgan fingerprint density at radius 3 is 1.55 bits per heavy atom. The minimum Gasteiger partial charge on any atom is -0.309 e. The largest absolute Gasteiger partial charge is 0.309 e. The smallest absolute Gasteiger partial charge is 0.0713 e. The summed E-state index contributed by atoms with van der Waals surface area (Å²) in [6.45, 7) is 0. The minimum absolute atomic E-state index is 0.451. The number of para-hydroxylation sites is 1. The summed E-state index contributed by atoms with van der Waals surface area (Å²) < 4.78 is 0. The molecule has 0 saturated carbocycles. The van der Waals surface area contributed by atoms with Gasteiger partial charge in [-0.25, -0.2) is 0 Å². The summed E-state index contributed by atoms with van der Waals surface area (Å²) in [7, 11) is 0. The molecule has 0 unspecified atom stereocenters. The predicted molar refractivity (Wildman–Crippen MR) is 270 cm³/mol. The molecule has 11 aromatic carbocycles. The molecular formula is C63H43N. The first-order chi connectivity index (χ1) is 31.8. The van der Waals surface area contributed by atoms with Crippen LogP contribution in [0.1, 0.15) is 22.3 Å². The van der Waals surface area contributed by atoms with Crippen LogP contribution >= 0.6 is 0 Å². The van der Waals surface area contributed by atoms with Crippen molar-refractivity contribution in [3.05, 3.63) is 283 Å². The van der Waals surface area contributed by atoms with E-state index in [0.717, 1.165) is 17.1 Å². The van der Waals surface area contributed by atoms with Crippen molar-refractivity contribution in [2.24, 2.45) is 0 Å². The maximum absolute atomic E-state index is 2.44. The van der Waals surface area contributed by atoms with Gasteiger partial charge in [0.2, 0.25) is 0 Å². The lowest BCUT2D eigenvalue weighted by Crippen LogP contribution is -2.28. The minimum atomic E-state index is -0.451. The summed E-state index contributed by atoms with van der Waals surface area (Å²) in [5, 5.41) is 4.91. The Morgan fingerprint density at radius 1 is 0.281 bits per heavy atom. The van der Waals surface area contributed by atoms with Crippen LogP contribution in [0, 0.1) is 0 Å². The lowest BCUT2D eigenvalue weighted by Gasteiger charge is -2.34. The number of hydrogen-bond acceptors (Lipinski definition) is 1. The maximum atomic E-state index is 2.44. The van der Waals surface area contributed by atoms with Crippen LogP contribution in [0.25, 0.3) is 66.1 Å². The van der Waals surface area contributed by atoms with Gasteiger partial charge in [-0.3, -0.25) is 0 Å². The van der Waals surface area contributed by atoms with E-state index in [9.17, 15) is 0 Å². The first kappa shape index (κ1) is 37.5. The third-order valence-electron chi connectivity index (χ3n) is 13.4. The number of fused-ring (bicyclic) bond motifs is 5. The van der Waals surface area contributed by atoms with Crippen molar-refractivity contribution in [1.82, 2.24) is 0 Å². The van der Waals surface area contributed by atoms with Crippen LogP contribution in [-0.2, 0) is 5.41 Å². The lowest BCUT2D eigenvalue weighted by atomic mass is 9.67. The van der Waals surface area contributed by atoms with Gasteiger partial charge in [-0.05, 0) is 108 Å². The van der Waals surface area contributed by atoms with Gasteiger partial charge in [-0.2, -0.15) is 0 Å². The molecule has 0 amide bonds. The molecule has 0 saturated heterocycles. The van der Waals surface area contributed by atoms with E-state index in [0.29, 0.717) is 0 Å². The normalized spacial score (nSPS) is 12.5. The van der Waals surface area contributed by atoms with Crippen LogP contribution in [0.4, 0.5) is 17.1 Å². The number of benzene rings is 11. The van der Waals surface area contributed by atoms with Gasteiger partial charge in [0.25, 0.3) is 0 Å². The topological polar surface area (TPSA) is 3.24 Å². The average molecular weight is 814 g/mol. The van der Waals surface area contributed by atoms with E-state index < -0.39 is 5.41 Å². The van der Waals surface area contributed by atoms with Crippen molar-refractivity contribution < 1.29 is 0 Å². The Hall–Kier alpha value is -8.26. The zero-order chi connectivity index (χ0) is 42.5. The third kappa shape index (κ3) is 6.08. The quantitative estimate of drug-likeness (QED) is 0.148. The predicted octanol–water partition coefficient (Wildman–Crippen LogP) is 16.8. The first-order valence-electron chi connectivity index (χ1n) is 22.2. The molecule has 300 valence electrons. The first-order valence-corrected chi connectivity index (χ1v) is 22.2. The molecule has 0 aromatic heterocycles. The van der Waals surface area contributed by atoms with E-state index in [-0.39, 0.29) is 0 Å². The zero-order valence-electron chi connectivity index (χ0n) is 35.3. The van der Waals surface area contributed by atoms with Crippen molar-refractivity contribution in [2.45, 2.75) is 5.41 Å². The van der Waals surface area contributed by atoms with E-state index in [4.69, 9.17) is 0 Å². The van der Waals surface area contributed by atoms with Crippen LogP contribution in [0.15, 0.2) is 261 Å². The lowest BCUT2D eigenvalue weighted by molar-refractivity contribution is 0.768. The molecule has 0 spiro atoms. The molecule has 0 aliphatic heterocycles. The SMILES string of the molecule is c1ccc(C2(c3ccccc3)c3ccccc3-c3c(-c4ccc(N(c5ccccc5-c5ccc(-c6ccc7ccccc7c6)cc5)c5cccc6ccccc56)cc4)cccc32)cc1. The monoisotopic (exact) mass is 813 g/mol. The molecule has 0 N–H and O–H groups in total. The molecule has 11 aromatic rings. The summed E-state index contributed by atoms with van der Waals surface area (Å²) in [5.41, 5.74) is 17.8. The summed E-state index contributed by atoms with van der Waals surface area (Å²) in [6, 6.07) is 95.8. The molecular weight excluding hydrogens is 771 g/mol. The van der Waals surface area contributed by atoms with Crippen molar-refractivity contribution in [2.75, 3.05) is 4.90 Å². The van der Waals surface area contributed by atoms with Crippen molar-refractivity contribution in [1.29, 1.82) is 0 Å². The van der Waals surface area contributed by atoms with Crippen molar-refractivity contribution >= 4 is 38.6 Å². The molecule has 0 radical (unpaired) electrons. The Kier molecular flexibility index (Phi) is 9.13. The highest BCUT2D eigenvalue weighted by Crippen LogP contribution is 2.58. The number of nitrogens with zero attached hydrogens (tertiary/aromatic N) is 1. The van der Waals surface area contributed by atoms with E-state index in [1.165, 1.54) is 88.3 Å².